The largest absolute Gasteiger partial charge is 0.508 e. The van der Waals surface area contributed by atoms with E-state index in [1.165, 1.54) is 4.90 Å². The lowest BCUT2D eigenvalue weighted by Crippen LogP contribution is -2.65. The van der Waals surface area contributed by atoms with Crippen molar-refractivity contribution in [1.29, 1.82) is 0 Å². The fourth-order valence-electron chi connectivity index (χ4n) is 6.22. The van der Waals surface area contributed by atoms with E-state index in [0.29, 0.717) is 24.3 Å². The highest BCUT2D eigenvalue weighted by molar-refractivity contribution is 7.79. The molecule has 4 unspecified atom stereocenters. The number of likely N-dealkylation sites (N-methyl/N-ethyl adjacent to an activating group) is 1. The smallest absolute Gasteiger partial charge is 0.394 e. The third kappa shape index (κ3) is 5.18. The van der Waals surface area contributed by atoms with Crippen LogP contribution in [0.1, 0.15) is 31.4 Å². The van der Waals surface area contributed by atoms with Crippen LogP contribution in [0.3, 0.4) is 0 Å². The molecule has 0 saturated heterocycles. The standard InChI is InChI=1S/C25H31ClN4O7.H2O4S/c1-5-30(6-2)17-10-7-9-8-11-18(29(3)4)21(33)14(24(28)36)23(35)25(11,37)22(34)12(9)19(31)13(10)20(32)16(27)15(17)26;1-5(2,3)4/h9,11,18,31-32,35,37H,5-8,27H2,1-4H3,(H2,28,36);(H2,1,2,3,4). The Balaban J connectivity index is 0.000000892. The van der Waals surface area contributed by atoms with Gasteiger partial charge in [-0.05, 0) is 52.3 Å². The van der Waals surface area contributed by atoms with Gasteiger partial charge in [-0.2, -0.15) is 8.42 Å². The summed E-state index contributed by atoms with van der Waals surface area (Å²) in [6.45, 7) is 4.90. The molecule has 10 N–H and O–H groups in total. The first-order valence-electron chi connectivity index (χ1n) is 12.7. The number of halogens is 1. The normalized spacial score (nSPS) is 25.4. The number of carbonyl (C=O) groups is 3. The van der Waals surface area contributed by atoms with Crippen molar-refractivity contribution in [3.8, 4) is 5.75 Å². The fraction of sp³-hybridized carbons (Fsp3) is 0.480. The van der Waals surface area contributed by atoms with Gasteiger partial charge in [-0.3, -0.25) is 28.4 Å². The molecule has 0 aliphatic heterocycles. The van der Waals surface area contributed by atoms with E-state index in [-0.39, 0.29) is 34.7 Å². The topological polar surface area (TPSA) is 265 Å². The van der Waals surface area contributed by atoms with Gasteiger partial charge in [-0.15, -0.1) is 0 Å². The van der Waals surface area contributed by atoms with Gasteiger partial charge in [-0.25, -0.2) is 0 Å². The number of Topliss-reactive ketones (excluding diaryl/α,β-unsaturated/α-hetero) is 2. The van der Waals surface area contributed by atoms with Crippen LogP contribution in [0.2, 0.25) is 5.02 Å². The summed E-state index contributed by atoms with van der Waals surface area (Å²) in [6.07, 6.45) is 0.125. The number of amides is 1. The first-order chi connectivity index (χ1) is 19.2. The molecule has 1 aromatic carbocycles. The molecule has 1 aromatic rings. The van der Waals surface area contributed by atoms with E-state index in [1.807, 2.05) is 18.7 Å². The molecule has 0 spiro atoms. The number of fused-ring (bicyclic) bond motifs is 3. The SMILES string of the molecule is CCN(CC)c1c(Cl)c(N)c(O)c2c1CC1CC3C(N(C)C)C(=O)C(C(N)=O)=C(O)C3(O)C(=O)C1=C2O.O=S(=O)(O)O. The van der Waals surface area contributed by atoms with Crippen molar-refractivity contribution in [3.63, 3.8) is 0 Å². The summed E-state index contributed by atoms with van der Waals surface area (Å²) in [4.78, 5) is 42.5. The van der Waals surface area contributed by atoms with Gasteiger partial charge in [0.1, 0.15) is 17.1 Å². The van der Waals surface area contributed by atoms with Crippen molar-refractivity contribution in [1.82, 2.24) is 4.90 Å². The van der Waals surface area contributed by atoms with Crippen LogP contribution in [-0.2, 0) is 31.2 Å². The molecule has 232 valence electrons. The van der Waals surface area contributed by atoms with Crippen molar-refractivity contribution < 1.29 is 52.3 Å². The maximum absolute atomic E-state index is 13.9. The molecule has 42 heavy (non-hydrogen) atoms. The molecule has 15 nitrogen and oxygen atoms in total. The van der Waals surface area contributed by atoms with Crippen LogP contribution in [0.15, 0.2) is 16.9 Å². The number of nitrogen functional groups attached to an aromatic ring is 1. The summed E-state index contributed by atoms with van der Waals surface area (Å²) in [5, 5.41) is 44.9. The Labute approximate surface area is 246 Å². The maximum Gasteiger partial charge on any atom is 0.394 e. The number of nitrogens with zero attached hydrogens (tertiary/aromatic N) is 2. The highest BCUT2D eigenvalue weighted by atomic mass is 35.5. The Morgan fingerprint density at radius 2 is 1.64 bits per heavy atom. The monoisotopic (exact) mass is 632 g/mol. The predicted molar refractivity (Wildman–Crippen MR) is 151 cm³/mol. The number of hydrogen-bond donors (Lipinski definition) is 8. The third-order valence-corrected chi connectivity index (χ3v) is 8.30. The highest BCUT2D eigenvalue weighted by Gasteiger charge is 2.64. The van der Waals surface area contributed by atoms with Gasteiger partial charge in [0, 0.05) is 24.6 Å². The summed E-state index contributed by atoms with van der Waals surface area (Å²) in [5.41, 5.74) is 8.35. The number of aliphatic hydroxyl groups is 3. The number of anilines is 2. The first kappa shape index (κ1) is 33.1. The van der Waals surface area contributed by atoms with Crippen molar-refractivity contribution >= 4 is 56.6 Å². The molecule has 17 heteroatoms. The van der Waals surface area contributed by atoms with E-state index in [2.05, 4.69) is 0 Å². The number of hydrogen-bond acceptors (Lipinski definition) is 12. The predicted octanol–water partition coefficient (Wildman–Crippen LogP) is 0.393. The minimum absolute atomic E-state index is 0.00773. The van der Waals surface area contributed by atoms with E-state index in [0.717, 1.165) is 0 Å². The van der Waals surface area contributed by atoms with Gasteiger partial charge < -0.3 is 36.8 Å². The van der Waals surface area contributed by atoms with Crippen molar-refractivity contribution in [2.75, 3.05) is 37.8 Å². The van der Waals surface area contributed by atoms with Gasteiger partial charge >= 0.3 is 10.4 Å². The summed E-state index contributed by atoms with van der Waals surface area (Å²) >= 11 is 6.56. The molecule has 0 aromatic heterocycles. The second-order valence-electron chi connectivity index (χ2n) is 10.4. The molecule has 3 aliphatic carbocycles. The van der Waals surface area contributed by atoms with E-state index in [9.17, 15) is 34.8 Å². The van der Waals surface area contributed by atoms with E-state index >= 15 is 0 Å². The summed E-state index contributed by atoms with van der Waals surface area (Å²) in [5.74, 6) is -7.26. The second kappa shape index (κ2) is 11.3. The zero-order chi connectivity index (χ0) is 32.2. The number of nitrogens with two attached hydrogens (primary N) is 2. The first-order valence-corrected chi connectivity index (χ1v) is 14.4. The molecule has 1 saturated carbocycles. The van der Waals surface area contributed by atoms with Crippen molar-refractivity contribution in [2.24, 2.45) is 17.6 Å². The van der Waals surface area contributed by atoms with Crippen molar-refractivity contribution in [2.45, 2.75) is 38.3 Å². The molecule has 3 aliphatic rings. The number of carbonyl (C=O) groups excluding carboxylic acids is 3. The number of rotatable bonds is 5. The minimum Gasteiger partial charge on any atom is -0.508 e. The average molecular weight is 633 g/mol. The zero-order valence-electron chi connectivity index (χ0n) is 23.1. The van der Waals surface area contributed by atoms with Gasteiger partial charge in [0.05, 0.1) is 28.0 Å². The number of aliphatic hydroxyl groups excluding tert-OH is 2. The van der Waals surface area contributed by atoms with Gasteiger partial charge in [0.25, 0.3) is 5.91 Å². The maximum atomic E-state index is 13.9. The summed E-state index contributed by atoms with van der Waals surface area (Å²) in [7, 11) is -1.57. The number of benzene rings is 1. The Morgan fingerprint density at radius 1 is 1.12 bits per heavy atom. The number of phenols is 1. The molecule has 4 atom stereocenters. The molecule has 0 radical (unpaired) electrons. The van der Waals surface area contributed by atoms with Crippen LogP contribution in [-0.4, -0.2) is 99.2 Å². The summed E-state index contributed by atoms with van der Waals surface area (Å²) < 4.78 is 31.6. The molecule has 0 heterocycles. The number of ketones is 2. The Bertz CT molecular complexity index is 1530. The third-order valence-electron chi connectivity index (χ3n) is 7.92. The highest BCUT2D eigenvalue weighted by Crippen LogP contribution is 2.56. The van der Waals surface area contributed by atoms with Crippen LogP contribution in [0, 0.1) is 11.8 Å². The molecular formula is C25H33ClN4O11S. The van der Waals surface area contributed by atoms with Crippen LogP contribution >= 0.6 is 11.6 Å². The lowest BCUT2D eigenvalue weighted by Gasteiger charge is -2.50. The molecule has 1 amide bonds. The summed E-state index contributed by atoms with van der Waals surface area (Å²) in [6, 6.07) is -1.15. The van der Waals surface area contributed by atoms with E-state index < -0.39 is 74.2 Å². The lowest BCUT2D eigenvalue weighted by molar-refractivity contribution is -0.153. The quantitative estimate of drug-likeness (QED) is 0.0944. The van der Waals surface area contributed by atoms with Crippen LogP contribution in [0.5, 0.6) is 5.75 Å². The van der Waals surface area contributed by atoms with Crippen molar-refractivity contribution in [3.05, 3.63) is 33.1 Å². The zero-order valence-corrected chi connectivity index (χ0v) is 24.7. The van der Waals surface area contributed by atoms with Crippen LogP contribution in [0.4, 0.5) is 11.4 Å². The molecule has 1 fully saturated rings. The fourth-order valence-corrected chi connectivity index (χ4v) is 6.54. The van der Waals surface area contributed by atoms with Gasteiger partial charge in [0.2, 0.25) is 5.78 Å². The number of phenolic OH excluding ortho intramolecular Hbond substituents is 1. The minimum atomic E-state index is -4.67. The van der Waals surface area contributed by atoms with Gasteiger partial charge in [0.15, 0.2) is 17.1 Å². The molecule has 0 bridgehead atoms. The Hall–Kier alpha value is -3.41. The molecular weight excluding hydrogens is 600 g/mol. The number of primary amides is 1. The van der Waals surface area contributed by atoms with Crippen LogP contribution < -0.4 is 16.4 Å². The van der Waals surface area contributed by atoms with E-state index in [4.69, 9.17) is 40.6 Å². The van der Waals surface area contributed by atoms with E-state index in [1.54, 1.807) is 14.1 Å². The van der Waals surface area contributed by atoms with Crippen LogP contribution in [0.25, 0.3) is 5.76 Å². The number of aromatic hydroxyl groups is 1. The second-order valence-corrected chi connectivity index (χ2v) is 11.6. The Morgan fingerprint density at radius 3 is 2.10 bits per heavy atom. The molecule has 4 rings (SSSR count). The average Bonchev–Trinajstić information content (AvgIpc) is 2.85. The van der Waals surface area contributed by atoms with Gasteiger partial charge in [-0.1, -0.05) is 11.6 Å². The lowest BCUT2D eigenvalue weighted by atomic mass is 9.57. The Kier molecular flexibility index (Phi) is 8.94.